The van der Waals surface area contributed by atoms with Crippen LogP contribution in [0.25, 0.3) is 0 Å². The lowest BCUT2D eigenvalue weighted by Crippen LogP contribution is -2.39. The Balaban J connectivity index is 2.24. The Bertz CT molecular complexity index is 182. The van der Waals surface area contributed by atoms with Crippen molar-refractivity contribution < 1.29 is 5.11 Å². The molecule has 2 N–H and O–H groups in total. The number of nitrogens with one attached hydrogen (secondary N) is 1. The van der Waals surface area contributed by atoms with E-state index >= 15 is 0 Å². The average molecular weight is 228 g/mol. The van der Waals surface area contributed by atoms with Crippen molar-refractivity contribution in [3.63, 3.8) is 0 Å². The Morgan fingerprint density at radius 3 is 2.44 bits per heavy atom. The van der Waals surface area contributed by atoms with Crippen LogP contribution in [0.2, 0.25) is 0 Å². The molecule has 16 heavy (non-hydrogen) atoms. The van der Waals surface area contributed by atoms with Gasteiger partial charge in [-0.2, -0.15) is 0 Å². The van der Waals surface area contributed by atoms with Gasteiger partial charge in [0.15, 0.2) is 0 Å². The van der Waals surface area contributed by atoms with Gasteiger partial charge >= 0.3 is 0 Å². The van der Waals surface area contributed by atoms with Crippen LogP contribution in [0.1, 0.15) is 40.0 Å². The van der Waals surface area contributed by atoms with Crippen LogP contribution in [-0.2, 0) is 0 Å². The van der Waals surface area contributed by atoms with Crippen LogP contribution in [0.15, 0.2) is 0 Å². The fraction of sp³-hybridized carbons (Fsp3) is 1.00. The molecule has 1 aliphatic rings. The van der Waals surface area contributed by atoms with E-state index in [2.05, 4.69) is 38.0 Å². The minimum Gasteiger partial charge on any atom is -0.392 e. The molecule has 96 valence electrons. The predicted molar refractivity (Wildman–Crippen MR) is 68.6 cm³/mol. The molecule has 0 aromatic carbocycles. The van der Waals surface area contributed by atoms with Crippen LogP contribution in [0.3, 0.4) is 0 Å². The van der Waals surface area contributed by atoms with Gasteiger partial charge < -0.3 is 15.3 Å². The number of nitrogens with zero attached hydrogens (tertiary/aromatic N) is 1. The number of hydrogen-bond acceptors (Lipinski definition) is 3. The van der Waals surface area contributed by atoms with Crippen LogP contribution in [0, 0.1) is 5.92 Å². The van der Waals surface area contributed by atoms with E-state index < -0.39 is 0 Å². The largest absolute Gasteiger partial charge is 0.392 e. The van der Waals surface area contributed by atoms with Crippen molar-refractivity contribution >= 4 is 0 Å². The second-order valence-corrected chi connectivity index (χ2v) is 5.27. The highest BCUT2D eigenvalue weighted by Crippen LogP contribution is 2.16. The molecule has 1 fully saturated rings. The topological polar surface area (TPSA) is 35.5 Å². The summed E-state index contributed by atoms with van der Waals surface area (Å²) in [6.45, 7) is 8.43. The fourth-order valence-electron chi connectivity index (χ4n) is 2.63. The van der Waals surface area contributed by atoms with Crippen molar-refractivity contribution in [2.24, 2.45) is 5.92 Å². The monoisotopic (exact) mass is 228 g/mol. The molecule has 3 atom stereocenters. The molecule has 1 saturated heterocycles. The molecule has 0 radical (unpaired) electrons. The molecule has 1 aliphatic heterocycles. The van der Waals surface area contributed by atoms with E-state index in [9.17, 15) is 5.11 Å². The third-order valence-electron chi connectivity index (χ3n) is 4.10. The number of rotatable bonds is 6. The van der Waals surface area contributed by atoms with Gasteiger partial charge in [0.2, 0.25) is 0 Å². The minimum atomic E-state index is -0.184. The molecule has 1 heterocycles. The van der Waals surface area contributed by atoms with Gasteiger partial charge in [0.05, 0.1) is 6.10 Å². The SMILES string of the molecule is CCC(CC)C(O)CNC1CC(C)N(C)C1. The van der Waals surface area contributed by atoms with Crippen molar-refractivity contribution in [1.29, 1.82) is 0 Å². The summed E-state index contributed by atoms with van der Waals surface area (Å²) in [6, 6.07) is 1.23. The highest BCUT2D eigenvalue weighted by atomic mass is 16.3. The summed E-state index contributed by atoms with van der Waals surface area (Å²) in [5.41, 5.74) is 0. The fourth-order valence-corrected chi connectivity index (χ4v) is 2.63. The van der Waals surface area contributed by atoms with Crippen LogP contribution < -0.4 is 5.32 Å². The van der Waals surface area contributed by atoms with Gasteiger partial charge in [-0.1, -0.05) is 26.7 Å². The van der Waals surface area contributed by atoms with Gasteiger partial charge in [-0.05, 0) is 26.3 Å². The summed E-state index contributed by atoms with van der Waals surface area (Å²) in [7, 11) is 2.17. The first-order valence-electron chi connectivity index (χ1n) is 6.70. The van der Waals surface area contributed by atoms with Crippen molar-refractivity contribution in [3.8, 4) is 0 Å². The lowest BCUT2D eigenvalue weighted by molar-refractivity contribution is 0.0985. The Hall–Kier alpha value is -0.120. The van der Waals surface area contributed by atoms with Crippen molar-refractivity contribution in [2.45, 2.75) is 58.2 Å². The third kappa shape index (κ3) is 3.72. The van der Waals surface area contributed by atoms with E-state index in [1.54, 1.807) is 0 Å². The molecular weight excluding hydrogens is 200 g/mol. The smallest absolute Gasteiger partial charge is 0.0692 e. The standard InChI is InChI=1S/C13H28N2O/c1-5-11(6-2)13(16)8-14-12-7-10(3)15(4)9-12/h10-14,16H,5-9H2,1-4H3. The molecule has 3 heteroatoms. The van der Waals surface area contributed by atoms with Crippen LogP contribution in [0.5, 0.6) is 0 Å². The summed E-state index contributed by atoms with van der Waals surface area (Å²) in [5, 5.41) is 13.5. The summed E-state index contributed by atoms with van der Waals surface area (Å²) in [5.74, 6) is 0.448. The lowest BCUT2D eigenvalue weighted by atomic mass is 9.96. The molecule has 0 aromatic heterocycles. The summed E-state index contributed by atoms with van der Waals surface area (Å²) < 4.78 is 0. The lowest BCUT2D eigenvalue weighted by Gasteiger charge is -2.22. The van der Waals surface area contributed by atoms with Gasteiger partial charge in [-0.15, -0.1) is 0 Å². The Labute approximate surface area is 100 Å². The maximum Gasteiger partial charge on any atom is 0.0692 e. The first kappa shape index (κ1) is 13.9. The molecule has 0 saturated carbocycles. The quantitative estimate of drug-likeness (QED) is 0.722. The van der Waals surface area contributed by atoms with Gasteiger partial charge in [0, 0.05) is 25.2 Å². The van der Waals surface area contributed by atoms with Crippen LogP contribution in [-0.4, -0.2) is 48.3 Å². The minimum absolute atomic E-state index is 0.184. The van der Waals surface area contributed by atoms with E-state index in [-0.39, 0.29) is 6.10 Å². The average Bonchev–Trinajstić information content (AvgIpc) is 2.57. The highest BCUT2D eigenvalue weighted by Gasteiger charge is 2.26. The van der Waals surface area contributed by atoms with Gasteiger partial charge in [0.25, 0.3) is 0 Å². The van der Waals surface area contributed by atoms with E-state index in [1.165, 1.54) is 6.42 Å². The zero-order chi connectivity index (χ0) is 12.1. The molecule has 0 aliphatic carbocycles. The number of likely N-dealkylation sites (N-methyl/N-ethyl adjacent to an activating group) is 1. The highest BCUT2D eigenvalue weighted by molar-refractivity contribution is 4.85. The number of aliphatic hydroxyl groups is 1. The molecule has 0 amide bonds. The van der Waals surface area contributed by atoms with Crippen LogP contribution in [0.4, 0.5) is 0 Å². The van der Waals surface area contributed by atoms with Gasteiger partial charge in [-0.25, -0.2) is 0 Å². The molecule has 0 spiro atoms. The van der Waals surface area contributed by atoms with Gasteiger partial charge in [0.1, 0.15) is 0 Å². The van der Waals surface area contributed by atoms with Crippen molar-refractivity contribution in [3.05, 3.63) is 0 Å². The maximum absolute atomic E-state index is 10.0. The zero-order valence-corrected chi connectivity index (χ0v) is 11.2. The predicted octanol–water partition coefficient (Wildman–Crippen LogP) is 1.47. The number of aliphatic hydroxyl groups excluding tert-OH is 1. The molecule has 3 unspecified atom stereocenters. The maximum atomic E-state index is 10.0. The first-order valence-corrected chi connectivity index (χ1v) is 6.70. The normalized spacial score (nSPS) is 28.9. The van der Waals surface area contributed by atoms with Crippen LogP contribution >= 0.6 is 0 Å². The van der Waals surface area contributed by atoms with Crippen molar-refractivity contribution in [2.75, 3.05) is 20.1 Å². The number of likely N-dealkylation sites (tertiary alicyclic amines) is 1. The molecule has 0 bridgehead atoms. The number of hydrogen-bond donors (Lipinski definition) is 2. The van der Waals surface area contributed by atoms with E-state index in [4.69, 9.17) is 0 Å². The second-order valence-electron chi connectivity index (χ2n) is 5.27. The Morgan fingerprint density at radius 2 is 2.00 bits per heavy atom. The van der Waals surface area contributed by atoms with E-state index in [0.29, 0.717) is 18.0 Å². The Kier molecular flexibility index (Phi) is 5.73. The molecule has 0 aromatic rings. The van der Waals surface area contributed by atoms with Crippen molar-refractivity contribution in [1.82, 2.24) is 10.2 Å². The first-order chi connectivity index (χ1) is 7.58. The van der Waals surface area contributed by atoms with E-state index in [1.807, 2.05) is 0 Å². The summed E-state index contributed by atoms with van der Waals surface area (Å²) >= 11 is 0. The molecular formula is C13H28N2O. The zero-order valence-electron chi connectivity index (χ0n) is 11.2. The molecule has 1 rings (SSSR count). The summed E-state index contributed by atoms with van der Waals surface area (Å²) in [6.07, 6.45) is 3.16. The van der Waals surface area contributed by atoms with Gasteiger partial charge in [-0.3, -0.25) is 0 Å². The van der Waals surface area contributed by atoms with E-state index in [0.717, 1.165) is 25.9 Å². The summed E-state index contributed by atoms with van der Waals surface area (Å²) in [4.78, 5) is 2.38. The Morgan fingerprint density at radius 1 is 1.38 bits per heavy atom. The second kappa shape index (κ2) is 6.58. The molecule has 3 nitrogen and oxygen atoms in total. The third-order valence-corrected chi connectivity index (χ3v) is 4.10.